The molecule has 0 bridgehead atoms. The number of anilines is 1. The number of halogens is 3. The van der Waals surface area contributed by atoms with Crippen LogP contribution in [0.3, 0.4) is 0 Å². The molecule has 0 fully saturated rings. The number of nitrogens with one attached hydrogen (secondary N) is 1. The number of hydrogen-bond acceptors (Lipinski definition) is 2. The zero-order chi connectivity index (χ0) is 18.7. The number of benzene rings is 1. The summed E-state index contributed by atoms with van der Waals surface area (Å²) in [6, 6.07) is 8.73. The minimum Gasteiger partial charge on any atom is -0.321 e. The number of alkyl halides is 2. The summed E-state index contributed by atoms with van der Waals surface area (Å²) in [6.07, 6.45) is 7.28. The van der Waals surface area contributed by atoms with E-state index < -0.39 is 12.5 Å². The van der Waals surface area contributed by atoms with Crippen LogP contribution in [-0.2, 0) is 4.79 Å². The zero-order valence-corrected chi connectivity index (χ0v) is 14.3. The summed E-state index contributed by atoms with van der Waals surface area (Å²) in [4.78, 5) is 15.5. The van der Waals surface area contributed by atoms with Crippen LogP contribution in [0.1, 0.15) is 17.7 Å². The Bertz CT molecular complexity index is 994. The normalized spacial score (nSPS) is 11.4. The van der Waals surface area contributed by atoms with Crippen molar-refractivity contribution in [1.29, 1.82) is 0 Å². The van der Waals surface area contributed by atoms with E-state index in [1.165, 1.54) is 12.4 Å². The molecule has 1 amide bonds. The van der Waals surface area contributed by atoms with Crippen molar-refractivity contribution in [2.24, 2.45) is 0 Å². The van der Waals surface area contributed by atoms with Crippen molar-refractivity contribution in [3.63, 3.8) is 0 Å². The minimum absolute atomic E-state index is 0.132. The fourth-order valence-electron chi connectivity index (χ4n) is 2.46. The van der Waals surface area contributed by atoms with Gasteiger partial charge in [0, 0.05) is 22.2 Å². The largest absolute Gasteiger partial charge is 0.321 e. The molecule has 1 N–H and O–H groups in total. The lowest BCUT2D eigenvalue weighted by molar-refractivity contribution is -0.111. The first-order chi connectivity index (χ1) is 12.5. The summed E-state index contributed by atoms with van der Waals surface area (Å²) in [5, 5.41) is 3.69. The second-order valence-electron chi connectivity index (χ2n) is 5.44. The van der Waals surface area contributed by atoms with Crippen molar-refractivity contribution < 1.29 is 13.6 Å². The van der Waals surface area contributed by atoms with E-state index >= 15 is 0 Å². The SMILES string of the molecule is C=CC(=O)Nc1cnc2c(c1)c(C=Cc1ccc(Cl)cc1)cn2C(F)F. The van der Waals surface area contributed by atoms with E-state index in [0.29, 0.717) is 21.7 Å². The minimum atomic E-state index is -2.73. The van der Waals surface area contributed by atoms with Gasteiger partial charge in [-0.15, -0.1) is 0 Å². The topological polar surface area (TPSA) is 46.9 Å². The molecular weight excluding hydrogens is 360 g/mol. The fraction of sp³-hybridized carbons (Fsp3) is 0.0526. The molecule has 26 heavy (non-hydrogen) atoms. The average molecular weight is 374 g/mol. The summed E-state index contributed by atoms with van der Waals surface area (Å²) in [5.41, 5.74) is 1.96. The molecule has 0 unspecified atom stereocenters. The fourth-order valence-corrected chi connectivity index (χ4v) is 2.59. The standard InChI is InChI=1S/C19H14ClF2N3O/c1-2-17(26)24-15-9-16-13(6-3-12-4-7-14(20)8-5-12)11-25(19(21)22)18(16)23-10-15/h2-11,19H,1H2,(H,24,26). The molecule has 3 rings (SSSR count). The molecule has 0 aliphatic carbocycles. The number of fused-ring (bicyclic) bond motifs is 1. The molecule has 0 saturated heterocycles. The van der Waals surface area contributed by atoms with Gasteiger partial charge in [-0.25, -0.2) is 4.98 Å². The maximum absolute atomic E-state index is 13.3. The van der Waals surface area contributed by atoms with Crippen molar-refractivity contribution in [2.45, 2.75) is 6.55 Å². The van der Waals surface area contributed by atoms with Gasteiger partial charge in [-0.1, -0.05) is 42.5 Å². The summed E-state index contributed by atoms with van der Waals surface area (Å²) in [7, 11) is 0. The highest BCUT2D eigenvalue weighted by molar-refractivity contribution is 6.30. The number of hydrogen-bond donors (Lipinski definition) is 1. The Balaban J connectivity index is 2.04. The van der Waals surface area contributed by atoms with Crippen LogP contribution in [0.4, 0.5) is 14.5 Å². The Labute approximate surface area is 153 Å². The Hall–Kier alpha value is -2.99. The quantitative estimate of drug-likeness (QED) is 0.610. The van der Waals surface area contributed by atoms with Gasteiger partial charge in [0.05, 0.1) is 11.9 Å². The number of carbonyl (C=O) groups is 1. The first kappa shape index (κ1) is 17.8. The lowest BCUT2D eigenvalue weighted by Crippen LogP contribution is -2.07. The van der Waals surface area contributed by atoms with E-state index in [2.05, 4.69) is 16.9 Å². The number of pyridine rings is 1. The van der Waals surface area contributed by atoms with Gasteiger partial charge in [-0.2, -0.15) is 8.78 Å². The van der Waals surface area contributed by atoms with Gasteiger partial charge >= 0.3 is 6.55 Å². The Morgan fingerprint density at radius 1 is 1.27 bits per heavy atom. The number of aromatic nitrogens is 2. The number of rotatable bonds is 5. The first-order valence-electron chi connectivity index (χ1n) is 7.64. The van der Waals surface area contributed by atoms with Gasteiger partial charge in [0.1, 0.15) is 5.65 Å². The molecule has 3 aromatic rings. The highest BCUT2D eigenvalue weighted by Crippen LogP contribution is 2.28. The van der Waals surface area contributed by atoms with Crippen molar-refractivity contribution in [3.8, 4) is 0 Å². The first-order valence-corrected chi connectivity index (χ1v) is 8.01. The van der Waals surface area contributed by atoms with Crippen LogP contribution in [-0.4, -0.2) is 15.5 Å². The summed E-state index contributed by atoms with van der Waals surface area (Å²) < 4.78 is 27.4. The Morgan fingerprint density at radius 3 is 2.65 bits per heavy atom. The van der Waals surface area contributed by atoms with E-state index in [0.717, 1.165) is 16.2 Å². The molecule has 0 aliphatic heterocycles. The van der Waals surface area contributed by atoms with Crippen LogP contribution < -0.4 is 5.32 Å². The maximum atomic E-state index is 13.3. The van der Waals surface area contributed by atoms with Gasteiger partial charge < -0.3 is 5.32 Å². The third kappa shape index (κ3) is 3.81. The Morgan fingerprint density at radius 2 is 2.00 bits per heavy atom. The van der Waals surface area contributed by atoms with Crippen LogP contribution >= 0.6 is 11.6 Å². The van der Waals surface area contributed by atoms with Gasteiger partial charge in [0.15, 0.2) is 0 Å². The van der Waals surface area contributed by atoms with Gasteiger partial charge in [0.25, 0.3) is 0 Å². The molecule has 2 heterocycles. The predicted molar refractivity (Wildman–Crippen MR) is 100 cm³/mol. The van der Waals surface area contributed by atoms with E-state index in [9.17, 15) is 13.6 Å². The third-order valence-electron chi connectivity index (χ3n) is 3.69. The van der Waals surface area contributed by atoms with E-state index in [1.54, 1.807) is 30.4 Å². The van der Waals surface area contributed by atoms with E-state index in [4.69, 9.17) is 11.6 Å². The smallest absolute Gasteiger partial charge is 0.320 e. The van der Waals surface area contributed by atoms with Gasteiger partial charge in [-0.05, 0) is 29.8 Å². The molecule has 2 aromatic heterocycles. The molecule has 0 aliphatic rings. The van der Waals surface area contributed by atoms with Crippen molar-refractivity contribution in [1.82, 2.24) is 9.55 Å². The maximum Gasteiger partial charge on any atom is 0.320 e. The van der Waals surface area contributed by atoms with Crippen molar-refractivity contribution in [2.75, 3.05) is 5.32 Å². The van der Waals surface area contributed by atoms with E-state index in [1.807, 2.05) is 12.1 Å². The van der Waals surface area contributed by atoms with Crippen LogP contribution in [0, 0.1) is 0 Å². The second-order valence-corrected chi connectivity index (χ2v) is 5.88. The third-order valence-corrected chi connectivity index (χ3v) is 3.94. The molecule has 0 atom stereocenters. The number of carbonyl (C=O) groups excluding carboxylic acids is 1. The lowest BCUT2D eigenvalue weighted by Gasteiger charge is -2.04. The average Bonchev–Trinajstić information content (AvgIpc) is 2.99. The van der Waals surface area contributed by atoms with E-state index in [-0.39, 0.29) is 5.65 Å². The number of nitrogens with zero attached hydrogens (tertiary/aromatic N) is 2. The lowest BCUT2D eigenvalue weighted by atomic mass is 10.1. The van der Waals surface area contributed by atoms with Crippen LogP contribution in [0.15, 0.2) is 55.4 Å². The van der Waals surface area contributed by atoms with Crippen LogP contribution in [0.5, 0.6) is 0 Å². The molecular formula is C19H14ClF2N3O. The highest BCUT2D eigenvalue weighted by Gasteiger charge is 2.15. The second kappa shape index (κ2) is 7.49. The van der Waals surface area contributed by atoms with Crippen molar-refractivity contribution in [3.05, 3.63) is 71.5 Å². The summed E-state index contributed by atoms with van der Waals surface area (Å²) >= 11 is 5.86. The molecule has 1 aromatic carbocycles. The predicted octanol–water partition coefficient (Wildman–Crippen LogP) is 5.38. The molecule has 0 radical (unpaired) electrons. The molecule has 7 heteroatoms. The molecule has 132 valence electrons. The van der Waals surface area contributed by atoms with Crippen LogP contribution in [0.2, 0.25) is 5.02 Å². The molecule has 4 nitrogen and oxygen atoms in total. The Kier molecular flexibility index (Phi) is 5.14. The van der Waals surface area contributed by atoms with Crippen molar-refractivity contribution >= 4 is 46.4 Å². The zero-order valence-electron chi connectivity index (χ0n) is 13.5. The van der Waals surface area contributed by atoms with Gasteiger partial charge in [0.2, 0.25) is 5.91 Å². The highest BCUT2D eigenvalue weighted by atomic mass is 35.5. The molecule has 0 saturated carbocycles. The van der Waals surface area contributed by atoms with Gasteiger partial charge in [-0.3, -0.25) is 9.36 Å². The van der Waals surface area contributed by atoms with Crippen LogP contribution in [0.25, 0.3) is 23.2 Å². The summed E-state index contributed by atoms with van der Waals surface area (Å²) in [6.45, 7) is 0.651. The summed E-state index contributed by atoms with van der Waals surface area (Å²) in [5.74, 6) is -0.405. The molecule has 0 spiro atoms. The number of amides is 1. The monoisotopic (exact) mass is 373 g/mol.